The van der Waals surface area contributed by atoms with Crippen LogP contribution in [0.15, 0.2) is 0 Å². The van der Waals surface area contributed by atoms with Crippen LogP contribution in [0.25, 0.3) is 0 Å². The summed E-state index contributed by atoms with van der Waals surface area (Å²) in [5.41, 5.74) is 1.82. The molecule has 0 rings (SSSR count). The van der Waals surface area contributed by atoms with Gasteiger partial charge in [0.25, 0.3) is 5.91 Å². The summed E-state index contributed by atoms with van der Waals surface area (Å²) in [5, 5.41) is 0. The van der Waals surface area contributed by atoms with Crippen molar-refractivity contribution in [3.8, 4) is 0 Å². The van der Waals surface area contributed by atoms with Crippen LogP contribution in [-0.2, 0) is 9.53 Å². The molecule has 0 aliphatic rings. The highest BCUT2D eigenvalue weighted by atomic mass is 19.4. The highest BCUT2D eigenvalue weighted by molar-refractivity contribution is 5.81. The lowest BCUT2D eigenvalue weighted by Gasteiger charge is -2.29. The van der Waals surface area contributed by atoms with Crippen molar-refractivity contribution in [3.05, 3.63) is 0 Å². The van der Waals surface area contributed by atoms with Crippen molar-refractivity contribution in [1.29, 1.82) is 0 Å². The van der Waals surface area contributed by atoms with Gasteiger partial charge in [-0.25, -0.2) is 5.84 Å². The fraction of sp³-hybridized carbons (Fsp3) is 0.875. The molecule has 0 bridgehead atoms. The van der Waals surface area contributed by atoms with Gasteiger partial charge in [0.15, 0.2) is 0 Å². The molecule has 0 aromatic heterocycles. The smallest absolute Gasteiger partial charge is 0.383 e. The van der Waals surface area contributed by atoms with E-state index in [0.29, 0.717) is 0 Å². The van der Waals surface area contributed by atoms with Crippen molar-refractivity contribution >= 4 is 5.91 Å². The van der Waals surface area contributed by atoms with Gasteiger partial charge in [-0.1, -0.05) is 6.92 Å². The number of rotatable bonds is 6. The summed E-state index contributed by atoms with van der Waals surface area (Å²) in [7, 11) is 1.30. The number of alkyl halides is 3. The first-order chi connectivity index (χ1) is 7.35. The Morgan fingerprint density at radius 2 is 2.12 bits per heavy atom. The predicted octanol–water partition coefficient (Wildman–Crippen LogP) is -0.124. The summed E-state index contributed by atoms with van der Waals surface area (Å²) in [4.78, 5) is 12.2. The minimum atomic E-state index is -4.36. The molecule has 1 amide bonds. The van der Waals surface area contributed by atoms with E-state index in [2.05, 4.69) is 0 Å². The number of hydrogen-bond acceptors (Lipinski definition) is 4. The number of hydrogen-bond donors (Lipinski definition) is 2. The van der Waals surface area contributed by atoms with Gasteiger partial charge >= 0.3 is 6.18 Å². The van der Waals surface area contributed by atoms with Gasteiger partial charge < -0.3 is 4.74 Å². The number of amides is 1. The number of nitrogens with two attached hydrogens (primary N) is 1. The SMILES string of the molecule is CCN(CC(F)(F)F)C(COC)C(=O)NN. The van der Waals surface area contributed by atoms with Gasteiger partial charge in [-0.2, -0.15) is 13.2 Å². The fourth-order valence-corrected chi connectivity index (χ4v) is 1.27. The maximum Gasteiger partial charge on any atom is 0.401 e. The van der Waals surface area contributed by atoms with E-state index in [1.807, 2.05) is 5.43 Å². The second-order valence-corrected chi connectivity index (χ2v) is 3.16. The molecule has 0 aromatic carbocycles. The average molecular weight is 243 g/mol. The molecule has 5 nitrogen and oxygen atoms in total. The Labute approximate surface area is 91.7 Å². The molecule has 8 heteroatoms. The van der Waals surface area contributed by atoms with Crippen molar-refractivity contribution in [2.24, 2.45) is 5.84 Å². The zero-order chi connectivity index (χ0) is 12.8. The van der Waals surface area contributed by atoms with Crippen LogP contribution in [-0.4, -0.2) is 49.8 Å². The summed E-state index contributed by atoms with van der Waals surface area (Å²) in [6.07, 6.45) is -4.36. The van der Waals surface area contributed by atoms with Gasteiger partial charge in [0.1, 0.15) is 6.04 Å². The van der Waals surface area contributed by atoms with Crippen molar-refractivity contribution in [2.75, 3.05) is 26.8 Å². The van der Waals surface area contributed by atoms with Gasteiger partial charge in [0.05, 0.1) is 13.2 Å². The van der Waals surface area contributed by atoms with Crippen molar-refractivity contribution in [3.63, 3.8) is 0 Å². The Balaban J connectivity index is 4.64. The third-order valence-corrected chi connectivity index (χ3v) is 2.00. The molecule has 0 saturated heterocycles. The zero-order valence-electron chi connectivity index (χ0n) is 9.17. The van der Waals surface area contributed by atoms with Crippen molar-refractivity contribution < 1.29 is 22.7 Å². The first kappa shape index (κ1) is 15.1. The summed E-state index contributed by atoms with van der Waals surface area (Å²) >= 11 is 0. The normalized spacial score (nSPS) is 13.9. The molecule has 96 valence electrons. The molecule has 0 radical (unpaired) electrons. The third-order valence-electron chi connectivity index (χ3n) is 2.00. The molecule has 1 unspecified atom stereocenters. The summed E-state index contributed by atoms with van der Waals surface area (Å²) < 4.78 is 41.3. The lowest BCUT2D eigenvalue weighted by Crippen LogP contribution is -2.53. The molecule has 0 spiro atoms. The van der Waals surface area contributed by atoms with Crippen LogP contribution >= 0.6 is 0 Å². The molecule has 0 aromatic rings. The second-order valence-electron chi connectivity index (χ2n) is 3.16. The van der Waals surface area contributed by atoms with Crippen LogP contribution in [0.3, 0.4) is 0 Å². The number of methoxy groups -OCH3 is 1. The number of halogens is 3. The number of carbonyl (C=O) groups is 1. The Kier molecular flexibility index (Phi) is 6.31. The first-order valence-corrected chi connectivity index (χ1v) is 4.65. The van der Waals surface area contributed by atoms with E-state index in [0.717, 1.165) is 4.90 Å². The maximum absolute atomic E-state index is 12.2. The summed E-state index contributed by atoms with van der Waals surface area (Å²) in [5.74, 6) is 4.20. The van der Waals surface area contributed by atoms with E-state index in [-0.39, 0.29) is 13.2 Å². The number of hydrazine groups is 1. The van der Waals surface area contributed by atoms with Gasteiger partial charge in [-0.05, 0) is 6.54 Å². The molecule has 16 heavy (non-hydrogen) atoms. The highest BCUT2D eigenvalue weighted by Crippen LogP contribution is 2.18. The van der Waals surface area contributed by atoms with E-state index in [1.54, 1.807) is 0 Å². The summed E-state index contributed by atoms with van der Waals surface area (Å²) in [6, 6.07) is -1.04. The largest absolute Gasteiger partial charge is 0.401 e. The average Bonchev–Trinajstić information content (AvgIpc) is 2.20. The summed E-state index contributed by atoms with van der Waals surface area (Å²) in [6.45, 7) is 0.275. The number of ether oxygens (including phenoxy) is 1. The molecule has 0 fully saturated rings. The van der Waals surface area contributed by atoms with Crippen LogP contribution in [0.5, 0.6) is 0 Å². The standard InChI is InChI=1S/C8H16F3N3O2/c1-3-14(5-8(9,10)11)6(4-16-2)7(15)13-12/h6H,3-5,12H2,1-2H3,(H,13,15). The highest BCUT2D eigenvalue weighted by Gasteiger charge is 2.35. The van der Waals surface area contributed by atoms with Crippen LogP contribution in [0.1, 0.15) is 6.92 Å². The van der Waals surface area contributed by atoms with Crippen molar-refractivity contribution in [1.82, 2.24) is 10.3 Å². The zero-order valence-corrected chi connectivity index (χ0v) is 9.17. The number of likely N-dealkylation sites (N-methyl/N-ethyl adjacent to an activating group) is 1. The Morgan fingerprint density at radius 3 is 2.44 bits per heavy atom. The minimum absolute atomic E-state index is 0.0704. The number of nitrogens with one attached hydrogen (secondary N) is 1. The Bertz CT molecular complexity index is 223. The molecular weight excluding hydrogens is 227 g/mol. The minimum Gasteiger partial charge on any atom is -0.383 e. The Morgan fingerprint density at radius 1 is 1.56 bits per heavy atom. The van der Waals surface area contributed by atoms with E-state index < -0.39 is 24.7 Å². The molecule has 0 saturated carbocycles. The van der Waals surface area contributed by atoms with E-state index >= 15 is 0 Å². The quantitative estimate of drug-likeness (QED) is 0.387. The van der Waals surface area contributed by atoms with Crippen LogP contribution in [0.4, 0.5) is 13.2 Å². The lowest BCUT2D eigenvalue weighted by atomic mass is 10.2. The number of carbonyl (C=O) groups excluding carboxylic acids is 1. The van der Waals surface area contributed by atoms with Gasteiger partial charge in [-0.15, -0.1) is 0 Å². The third kappa shape index (κ3) is 5.29. The molecule has 3 N–H and O–H groups in total. The molecule has 0 aliphatic heterocycles. The van der Waals surface area contributed by atoms with Gasteiger partial charge in [0.2, 0.25) is 0 Å². The van der Waals surface area contributed by atoms with Crippen LogP contribution in [0, 0.1) is 0 Å². The molecular formula is C8H16F3N3O2. The second kappa shape index (κ2) is 6.66. The van der Waals surface area contributed by atoms with E-state index in [4.69, 9.17) is 10.6 Å². The topological polar surface area (TPSA) is 67.6 Å². The lowest BCUT2D eigenvalue weighted by molar-refractivity contribution is -0.157. The van der Waals surface area contributed by atoms with Gasteiger partial charge in [0, 0.05) is 7.11 Å². The molecule has 0 aliphatic carbocycles. The van der Waals surface area contributed by atoms with E-state index in [1.165, 1.54) is 14.0 Å². The van der Waals surface area contributed by atoms with Crippen LogP contribution in [0.2, 0.25) is 0 Å². The van der Waals surface area contributed by atoms with Crippen LogP contribution < -0.4 is 11.3 Å². The molecule has 0 heterocycles. The molecule has 1 atom stereocenters. The maximum atomic E-state index is 12.2. The first-order valence-electron chi connectivity index (χ1n) is 4.65. The van der Waals surface area contributed by atoms with Gasteiger partial charge in [-0.3, -0.25) is 15.1 Å². The number of nitrogens with zero attached hydrogens (tertiary/aromatic N) is 1. The Hall–Kier alpha value is -0.860. The monoisotopic (exact) mass is 243 g/mol. The van der Waals surface area contributed by atoms with E-state index in [9.17, 15) is 18.0 Å². The predicted molar refractivity (Wildman–Crippen MR) is 51.3 cm³/mol. The fourth-order valence-electron chi connectivity index (χ4n) is 1.27. The van der Waals surface area contributed by atoms with Crippen molar-refractivity contribution in [2.45, 2.75) is 19.1 Å².